The van der Waals surface area contributed by atoms with E-state index in [-0.39, 0.29) is 23.8 Å². The second-order valence-electron chi connectivity index (χ2n) is 4.45. The lowest BCUT2D eigenvalue weighted by Gasteiger charge is -2.08. The molecule has 0 aliphatic carbocycles. The van der Waals surface area contributed by atoms with E-state index in [9.17, 15) is 9.59 Å². The number of pyridine rings is 1. The lowest BCUT2D eigenvalue weighted by Crippen LogP contribution is -2.13. The number of halogens is 1. The number of amides is 1. The summed E-state index contributed by atoms with van der Waals surface area (Å²) in [6.07, 6.45) is 0.267. The molecular weight excluding hydrogens is 264 g/mol. The number of aromatic amines is 1. The Labute approximate surface area is 115 Å². The number of hydrogen-bond donors (Lipinski definition) is 2. The van der Waals surface area contributed by atoms with Crippen LogP contribution in [0.15, 0.2) is 23.0 Å². The Bertz CT molecular complexity index is 692. The number of anilines is 1. The standard InChI is InChI=1S/C14H15ClN2O2/c1-8-9(2)14(19)17-12-7-10(3-4-11(8)12)16-13(18)5-6-15/h3-4,7H,5-6H2,1-2H3,(H,16,18)(H,17,19). The third-order valence-corrected chi connectivity index (χ3v) is 3.37. The molecule has 1 aromatic heterocycles. The monoisotopic (exact) mass is 278 g/mol. The van der Waals surface area contributed by atoms with Gasteiger partial charge in [0.15, 0.2) is 0 Å². The molecule has 0 unspecified atom stereocenters. The maximum atomic E-state index is 11.7. The molecule has 5 heteroatoms. The van der Waals surface area contributed by atoms with Crippen LogP contribution in [-0.4, -0.2) is 16.8 Å². The SMILES string of the molecule is Cc1c(C)c2ccc(NC(=O)CCCl)cc2[nH]c1=O. The van der Waals surface area contributed by atoms with Crippen molar-refractivity contribution < 1.29 is 4.79 Å². The van der Waals surface area contributed by atoms with Crippen LogP contribution in [0.5, 0.6) is 0 Å². The molecule has 1 amide bonds. The summed E-state index contributed by atoms with van der Waals surface area (Å²) < 4.78 is 0. The molecule has 2 rings (SSSR count). The van der Waals surface area contributed by atoms with Crippen LogP contribution in [0.4, 0.5) is 5.69 Å². The van der Waals surface area contributed by atoms with E-state index >= 15 is 0 Å². The Morgan fingerprint density at radius 2 is 2.05 bits per heavy atom. The fraction of sp³-hybridized carbons (Fsp3) is 0.286. The van der Waals surface area contributed by atoms with Crippen LogP contribution in [0.2, 0.25) is 0 Å². The van der Waals surface area contributed by atoms with E-state index in [1.54, 1.807) is 13.0 Å². The molecule has 4 nitrogen and oxygen atoms in total. The Balaban J connectivity index is 2.44. The number of H-pyrrole nitrogens is 1. The molecule has 0 saturated carbocycles. The third-order valence-electron chi connectivity index (χ3n) is 3.18. The van der Waals surface area contributed by atoms with Crippen LogP contribution >= 0.6 is 11.6 Å². The Morgan fingerprint density at radius 3 is 2.74 bits per heavy atom. The number of fused-ring (bicyclic) bond motifs is 1. The number of carbonyl (C=O) groups excluding carboxylic acids is 1. The minimum Gasteiger partial charge on any atom is -0.326 e. The topological polar surface area (TPSA) is 62.0 Å². The zero-order chi connectivity index (χ0) is 14.0. The normalized spacial score (nSPS) is 10.7. The first-order valence-corrected chi connectivity index (χ1v) is 6.55. The van der Waals surface area contributed by atoms with Gasteiger partial charge in [0.2, 0.25) is 5.91 Å². The molecule has 2 aromatic rings. The number of nitrogens with one attached hydrogen (secondary N) is 2. The maximum absolute atomic E-state index is 11.7. The first-order valence-electron chi connectivity index (χ1n) is 6.02. The molecule has 100 valence electrons. The molecule has 1 aromatic carbocycles. The van der Waals surface area contributed by atoms with E-state index in [1.165, 1.54) is 0 Å². The van der Waals surface area contributed by atoms with Gasteiger partial charge in [0.25, 0.3) is 5.56 Å². The summed E-state index contributed by atoms with van der Waals surface area (Å²) in [6, 6.07) is 5.47. The quantitative estimate of drug-likeness (QED) is 0.848. The van der Waals surface area contributed by atoms with E-state index in [0.717, 1.165) is 16.5 Å². The van der Waals surface area contributed by atoms with Gasteiger partial charge in [-0.2, -0.15) is 0 Å². The first-order chi connectivity index (χ1) is 9.02. The average molecular weight is 279 g/mol. The van der Waals surface area contributed by atoms with Gasteiger partial charge in [-0.25, -0.2) is 0 Å². The fourth-order valence-corrected chi connectivity index (χ4v) is 2.12. The van der Waals surface area contributed by atoms with Gasteiger partial charge in [-0.05, 0) is 31.5 Å². The number of aryl methyl sites for hydroxylation is 1. The minimum absolute atomic E-state index is 0.103. The Kier molecular flexibility index (Phi) is 3.90. The highest BCUT2D eigenvalue weighted by Gasteiger charge is 2.07. The number of alkyl halides is 1. The van der Waals surface area contributed by atoms with Crippen molar-refractivity contribution in [2.75, 3.05) is 11.2 Å². The van der Waals surface area contributed by atoms with E-state index in [4.69, 9.17) is 11.6 Å². The Morgan fingerprint density at radius 1 is 1.32 bits per heavy atom. The molecule has 0 spiro atoms. The van der Waals surface area contributed by atoms with Gasteiger partial charge >= 0.3 is 0 Å². The van der Waals surface area contributed by atoms with E-state index in [0.29, 0.717) is 11.3 Å². The van der Waals surface area contributed by atoms with Crippen molar-refractivity contribution in [2.45, 2.75) is 20.3 Å². The van der Waals surface area contributed by atoms with Crippen molar-refractivity contribution in [3.8, 4) is 0 Å². The molecule has 2 N–H and O–H groups in total. The van der Waals surface area contributed by atoms with Crippen LogP contribution < -0.4 is 10.9 Å². The molecular formula is C14H15ClN2O2. The van der Waals surface area contributed by atoms with Crippen molar-refractivity contribution in [2.24, 2.45) is 0 Å². The molecule has 1 heterocycles. The first kappa shape index (κ1) is 13.6. The molecule has 19 heavy (non-hydrogen) atoms. The summed E-state index contributed by atoms with van der Waals surface area (Å²) in [5.41, 5.74) is 2.94. The lowest BCUT2D eigenvalue weighted by molar-refractivity contribution is -0.115. The van der Waals surface area contributed by atoms with Crippen molar-refractivity contribution in [3.05, 3.63) is 39.7 Å². The minimum atomic E-state index is -0.138. The number of benzene rings is 1. The van der Waals surface area contributed by atoms with E-state index < -0.39 is 0 Å². The zero-order valence-corrected chi connectivity index (χ0v) is 11.6. The summed E-state index contributed by atoms with van der Waals surface area (Å²) >= 11 is 5.51. The zero-order valence-electron chi connectivity index (χ0n) is 10.8. The summed E-state index contributed by atoms with van der Waals surface area (Å²) in [5.74, 6) is 0.148. The van der Waals surface area contributed by atoms with Crippen LogP contribution in [0, 0.1) is 13.8 Å². The second kappa shape index (κ2) is 5.45. The highest BCUT2D eigenvalue weighted by Crippen LogP contribution is 2.21. The van der Waals surface area contributed by atoms with Crippen molar-refractivity contribution in [1.82, 2.24) is 4.98 Å². The molecule has 0 saturated heterocycles. The second-order valence-corrected chi connectivity index (χ2v) is 4.83. The number of aromatic nitrogens is 1. The fourth-order valence-electron chi connectivity index (χ4n) is 1.95. The predicted molar refractivity (Wildman–Crippen MR) is 78.0 cm³/mol. The van der Waals surface area contributed by atoms with Gasteiger partial charge in [0.05, 0.1) is 5.52 Å². The van der Waals surface area contributed by atoms with Crippen LogP contribution in [0.3, 0.4) is 0 Å². The van der Waals surface area contributed by atoms with E-state index in [2.05, 4.69) is 10.3 Å². The molecule has 0 bridgehead atoms. The highest BCUT2D eigenvalue weighted by molar-refractivity contribution is 6.19. The lowest BCUT2D eigenvalue weighted by atomic mass is 10.1. The third kappa shape index (κ3) is 2.79. The summed E-state index contributed by atoms with van der Waals surface area (Å²) in [5, 5.41) is 3.72. The van der Waals surface area contributed by atoms with Crippen molar-refractivity contribution >= 4 is 34.1 Å². The number of rotatable bonds is 3. The van der Waals surface area contributed by atoms with Gasteiger partial charge < -0.3 is 10.3 Å². The van der Waals surface area contributed by atoms with Gasteiger partial charge in [-0.15, -0.1) is 11.6 Å². The summed E-state index contributed by atoms with van der Waals surface area (Å²) in [6.45, 7) is 3.71. The van der Waals surface area contributed by atoms with Crippen LogP contribution in [0.25, 0.3) is 10.9 Å². The van der Waals surface area contributed by atoms with Gasteiger partial charge in [-0.1, -0.05) is 6.07 Å². The van der Waals surface area contributed by atoms with E-state index in [1.807, 2.05) is 19.1 Å². The maximum Gasteiger partial charge on any atom is 0.251 e. The highest BCUT2D eigenvalue weighted by atomic mass is 35.5. The molecule has 0 aliphatic heterocycles. The van der Waals surface area contributed by atoms with Gasteiger partial charge in [0.1, 0.15) is 0 Å². The molecule has 0 radical (unpaired) electrons. The number of hydrogen-bond acceptors (Lipinski definition) is 2. The van der Waals surface area contributed by atoms with Gasteiger partial charge in [-0.3, -0.25) is 9.59 Å². The van der Waals surface area contributed by atoms with Gasteiger partial charge in [0, 0.05) is 28.9 Å². The summed E-state index contributed by atoms with van der Waals surface area (Å²) in [7, 11) is 0. The van der Waals surface area contributed by atoms with Crippen molar-refractivity contribution in [1.29, 1.82) is 0 Å². The van der Waals surface area contributed by atoms with Crippen LogP contribution in [0.1, 0.15) is 17.5 Å². The molecule has 0 aliphatic rings. The average Bonchev–Trinajstić information content (AvgIpc) is 2.36. The number of carbonyl (C=O) groups is 1. The predicted octanol–water partition coefficient (Wildman–Crippen LogP) is 2.71. The molecule has 0 fully saturated rings. The Hall–Kier alpha value is -1.81. The smallest absolute Gasteiger partial charge is 0.251 e. The van der Waals surface area contributed by atoms with Crippen LogP contribution in [-0.2, 0) is 4.79 Å². The summed E-state index contributed by atoms with van der Waals surface area (Å²) in [4.78, 5) is 26.0. The largest absolute Gasteiger partial charge is 0.326 e. The van der Waals surface area contributed by atoms with Crippen molar-refractivity contribution in [3.63, 3.8) is 0 Å². The molecule has 0 atom stereocenters.